The van der Waals surface area contributed by atoms with Crippen LogP contribution in [0, 0.1) is 0 Å². The monoisotopic (exact) mass is 363 g/mol. The van der Waals surface area contributed by atoms with Gasteiger partial charge in [0.2, 0.25) is 0 Å². The zero-order chi connectivity index (χ0) is 16.2. The van der Waals surface area contributed by atoms with Gasteiger partial charge in [0.25, 0.3) is 5.91 Å². The Labute approximate surface area is 147 Å². The summed E-state index contributed by atoms with van der Waals surface area (Å²) in [4.78, 5) is 13.8. The molecule has 0 saturated heterocycles. The fourth-order valence-electron chi connectivity index (χ4n) is 2.28. The molecule has 1 N–H and O–H groups in total. The maximum atomic E-state index is 12.7. The second-order valence-corrected chi connectivity index (χ2v) is 7.02. The lowest BCUT2D eigenvalue weighted by atomic mass is 10.1. The van der Waals surface area contributed by atoms with Crippen LogP contribution in [0.2, 0.25) is 5.02 Å². The molecule has 1 aromatic carbocycles. The molecular formula is C17H14ClNO2S2. The number of nitrogens with one attached hydrogen (secondary N) is 1. The zero-order valence-electron chi connectivity index (χ0n) is 12.3. The summed E-state index contributed by atoms with van der Waals surface area (Å²) in [5.41, 5.74) is 1.49. The Hall–Kier alpha value is -1.82. The molecule has 3 nitrogen and oxygen atoms in total. The van der Waals surface area contributed by atoms with E-state index in [0.717, 1.165) is 10.4 Å². The smallest absolute Gasteiger partial charge is 0.255 e. The number of hydrogen-bond donors (Lipinski definition) is 1. The Kier molecular flexibility index (Phi) is 5.00. The molecule has 0 spiro atoms. The third-order valence-electron chi connectivity index (χ3n) is 3.39. The predicted molar refractivity (Wildman–Crippen MR) is 96.0 cm³/mol. The Morgan fingerprint density at radius 3 is 2.78 bits per heavy atom. The fraction of sp³-hybridized carbons (Fsp3) is 0.118. The van der Waals surface area contributed by atoms with Crippen molar-refractivity contribution in [2.75, 3.05) is 7.11 Å². The van der Waals surface area contributed by atoms with Crippen LogP contribution in [0.25, 0.3) is 0 Å². The SMILES string of the molecule is COc1ccc(Cl)cc1C(=O)N[C@@H](c1ccsc1)c1cccs1. The minimum absolute atomic E-state index is 0.183. The molecule has 0 unspecified atom stereocenters. The van der Waals surface area contributed by atoms with Gasteiger partial charge in [-0.1, -0.05) is 17.7 Å². The van der Waals surface area contributed by atoms with Crippen molar-refractivity contribution >= 4 is 40.2 Å². The van der Waals surface area contributed by atoms with Crippen LogP contribution >= 0.6 is 34.3 Å². The molecule has 0 aliphatic heterocycles. The summed E-state index contributed by atoms with van der Waals surface area (Å²) in [5.74, 6) is 0.288. The van der Waals surface area contributed by atoms with E-state index in [1.165, 1.54) is 7.11 Å². The van der Waals surface area contributed by atoms with E-state index in [4.69, 9.17) is 16.3 Å². The summed E-state index contributed by atoms with van der Waals surface area (Å²) >= 11 is 9.24. The van der Waals surface area contributed by atoms with Crippen LogP contribution in [0.1, 0.15) is 26.8 Å². The van der Waals surface area contributed by atoms with Crippen LogP contribution < -0.4 is 10.1 Å². The van der Waals surface area contributed by atoms with Gasteiger partial charge < -0.3 is 10.1 Å². The van der Waals surface area contributed by atoms with Crippen LogP contribution in [0.5, 0.6) is 5.75 Å². The standard InChI is InChI=1S/C17H14ClNO2S2/c1-21-14-5-4-12(18)9-13(14)17(20)19-16(11-6-8-22-10-11)15-3-2-7-23-15/h2-10,16H,1H3,(H,19,20)/t16-/m0/s1. The number of ether oxygens (including phenoxy) is 1. The van der Waals surface area contributed by atoms with E-state index in [-0.39, 0.29) is 11.9 Å². The quantitative estimate of drug-likeness (QED) is 0.693. The molecule has 3 rings (SSSR count). The average molecular weight is 364 g/mol. The van der Waals surface area contributed by atoms with Gasteiger partial charge in [0.15, 0.2) is 0 Å². The van der Waals surface area contributed by atoms with Crippen molar-refractivity contribution in [3.05, 3.63) is 73.6 Å². The van der Waals surface area contributed by atoms with E-state index < -0.39 is 0 Å². The highest BCUT2D eigenvalue weighted by atomic mass is 35.5. The molecule has 1 atom stereocenters. The minimum atomic E-state index is -0.214. The van der Waals surface area contributed by atoms with Gasteiger partial charge in [-0.25, -0.2) is 0 Å². The van der Waals surface area contributed by atoms with Crippen molar-refractivity contribution in [1.82, 2.24) is 5.32 Å². The molecule has 0 aliphatic carbocycles. The topological polar surface area (TPSA) is 38.3 Å². The molecule has 2 heterocycles. The van der Waals surface area contributed by atoms with E-state index in [2.05, 4.69) is 5.32 Å². The molecule has 0 bridgehead atoms. The van der Waals surface area contributed by atoms with Gasteiger partial charge in [-0.05, 0) is 52.0 Å². The molecule has 23 heavy (non-hydrogen) atoms. The number of hydrogen-bond acceptors (Lipinski definition) is 4. The highest BCUT2D eigenvalue weighted by molar-refractivity contribution is 7.10. The lowest BCUT2D eigenvalue weighted by Crippen LogP contribution is -2.28. The van der Waals surface area contributed by atoms with E-state index in [1.807, 2.05) is 34.3 Å². The van der Waals surface area contributed by atoms with Gasteiger partial charge in [0, 0.05) is 9.90 Å². The van der Waals surface area contributed by atoms with Crippen molar-refractivity contribution in [3.8, 4) is 5.75 Å². The summed E-state index contributed by atoms with van der Waals surface area (Å²) in [5, 5.41) is 9.62. The van der Waals surface area contributed by atoms with Crippen LogP contribution in [-0.4, -0.2) is 13.0 Å². The lowest BCUT2D eigenvalue weighted by Gasteiger charge is -2.18. The van der Waals surface area contributed by atoms with Crippen LogP contribution in [-0.2, 0) is 0 Å². The minimum Gasteiger partial charge on any atom is -0.496 e. The van der Waals surface area contributed by atoms with E-state index in [9.17, 15) is 4.79 Å². The number of rotatable bonds is 5. The number of amides is 1. The maximum absolute atomic E-state index is 12.7. The number of carbonyl (C=O) groups excluding carboxylic acids is 1. The molecular weight excluding hydrogens is 350 g/mol. The first-order valence-corrected chi connectivity index (χ1v) is 9.09. The lowest BCUT2D eigenvalue weighted by molar-refractivity contribution is 0.0940. The van der Waals surface area contributed by atoms with Crippen molar-refractivity contribution in [2.24, 2.45) is 0 Å². The van der Waals surface area contributed by atoms with Gasteiger partial charge in [-0.2, -0.15) is 11.3 Å². The Bertz CT molecular complexity index is 751. The third-order valence-corrected chi connectivity index (χ3v) is 5.26. The Morgan fingerprint density at radius 1 is 1.26 bits per heavy atom. The number of halogens is 1. The molecule has 0 radical (unpaired) electrons. The van der Waals surface area contributed by atoms with Crippen LogP contribution in [0.4, 0.5) is 0 Å². The molecule has 1 amide bonds. The molecule has 3 aromatic rings. The highest BCUT2D eigenvalue weighted by Gasteiger charge is 2.21. The number of methoxy groups -OCH3 is 1. The van der Waals surface area contributed by atoms with Gasteiger partial charge >= 0.3 is 0 Å². The number of benzene rings is 1. The van der Waals surface area contributed by atoms with Crippen molar-refractivity contribution < 1.29 is 9.53 Å². The molecule has 118 valence electrons. The van der Waals surface area contributed by atoms with Crippen LogP contribution in [0.3, 0.4) is 0 Å². The van der Waals surface area contributed by atoms with Gasteiger partial charge in [-0.3, -0.25) is 4.79 Å². The molecule has 6 heteroatoms. The first kappa shape index (κ1) is 16.1. The van der Waals surface area contributed by atoms with Crippen molar-refractivity contribution in [1.29, 1.82) is 0 Å². The summed E-state index contributed by atoms with van der Waals surface area (Å²) in [6.45, 7) is 0. The summed E-state index contributed by atoms with van der Waals surface area (Å²) < 4.78 is 5.27. The fourth-order valence-corrected chi connectivity index (χ4v) is 3.94. The number of thiophene rings is 2. The van der Waals surface area contributed by atoms with Gasteiger partial charge in [-0.15, -0.1) is 11.3 Å². The van der Waals surface area contributed by atoms with Gasteiger partial charge in [0.05, 0.1) is 18.7 Å². The van der Waals surface area contributed by atoms with Crippen LogP contribution in [0.15, 0.2) is 52.5 Å². The molecule has 0 saturated carbocycles. The van der Waals surface area contributed by atoms with Gasteiger partial charge in [0.1, 0.15) is 5.75 Å². The van der Waals surface area contributed by atoms with E-state index >= 15 is 0 Å². The first-order valence-electron chi connectivity index (χ1n) is 6.89. The average Bonchev–Trinajstić information content (AvgIpc) is 3.26. The first-order chi connectivity index (χ1) is 11.2. The second kappa shape index (κ2) is 7.17. The normalized spacial score (nSPS) is 11.9. The third kappa shape index (κ3) is 3.58. The maximum Gasteiger partial charge on any atom is 0.255 e. The summed E-state index contributed by atoms with van der Waals surface area (Å²) in [7, 11) is 1.54. The largest absolute Gasteiger partial charge is 0.496 e. The molecule has 0 fully saturated rings. The van der Waals surface area contributed by atoms with Crippen molar-refractivity contribution in [2.45, 2.75) is 6.04 Å². The predicted octanol–water partition coefficient (Wildman–Crippen LogP) is 4.99. The molecule has 2 aromatic heterocycles. The van der Waals surface area contributed by atoms with E-state index in [1.54, 1.807) is 40.9 Å². The Morgan fingerprint density at radius 2 is 2.13 bits per heavy atom. The van der Waals surface area contributed by atoms with Crippen molar-refractivity contribution in [3.63, 3.8) is 0 Å². The number of carbonyl (C=O) groups is 1. The van der Waals surface area contributed by atoms with E-state index in [0.29, 0.717) is 16.3 Å². The second-order valence-electron chi connectivity index (χ2n) is 4.82. The Balaban J connectivity index is 1.92. The molecule has 0 aliphatic rings. The summed E-state index contributed by atoms with van der Waals surface area (Å²) in [6.07, 6.45) is 0. The zero-order valence-corrected chi connectivity index (χ0v) is 14.7. The highest BCUT2D eigenvalue weighted by Crippen LogP contribution is 2.29. The summed E-state index contributed by atoms with van der Waals surface area (Å²) in [6, 6.07) is 10.8.